The first-order valence-corrected chi connectivity index (χ1v) is 4.07. The smallest absolute Gasteiger partial charge is 0.163 e. The van der Waals surface area contributed by atoms with Gasteiger partial charge in [0.1, 0.15) is 11.8 Å². The Morgan fingerprint density at radius 1 is 1.29 bits per heavy atom. The van der Waals surface area contributed by atoms with Crippen LogP contribution in [0.15, 0.2) is 23.2 Å². The highest BCUT2D eigenvalue weighted by Crippen LogP contribution is 2.24. The van der Waals surface area contributed by atoms with Gasteiger partial charge in [-0.15, -0.1) is 0 Å². The summed E-state index contributed by atoms with van der Waals surface area (Å²) < 4.78 is 10.1. The Kier molecular flexibility index (Phi) is 2.70. The fourth-order valence-corrected chi connectivity index (χ4v) is 1.53. The van der Waals surface area contributed by atoms with Crippen molar-refractivity contribution in [1.82, 2.24) is 0 Å². The molecule has 1 unspecified atom stereocenters. The number of nitrogens with two attached hydrogens (primary N) is 4. The summed E-state index contributed by atoms with van der Waals surface area (Å²) in [4.78, 5) is 0. The third kappa shape index (κ3) is 1.54. The highest BCUT2D eigenvalue weighted by molar-refractivity contribution is 5.39. The minimum atomic E-state index is -1.20. The van der Waals surface area contributed by atoms with Gasteiger partial charge >= 0.3 is 0 Å². The molecule has 1 atom stereocenters. The molecule has 0 aromatic rings. The van der Waals surface area contributed by atoms with Gasteiger partial charge in [-0.25, -0.2) is 0 Å². The average Bonchev–Trinajstić information content (AvgIpc) is 2.02. The van der Waals surface area contributed by atoms with E-state index in [0.29, 0.717) is 17.2 Å². The molecule has 0 amide bonds. The monoisotopic (exact) mass is 200 g/mol. The molecule has 0 saturated carbocycles. The summed E-state index contributed by atoms with van der Waals surface area (Å²) in [5.41, 5.74) is 22.4. The summed E-state index contributed by atoms with van der Waals surface area (Å²) in [7, 11) is 2.93. The van der Waals surface area contributed by atoms with Crippen molar-refractivity contribution in [2.75, 3.05) is 14.2 Å². The van der Waals surface area contributed by atoms with Crippen LogP contribution in [0.2, 0.25) is 0 Å². The van der Waals surface area contributed by atoms with Gasteiger partial charge in [-0.1, -0.05) is 0 Å². The SMILES string of the molecule is COC1=C(N)C(OC)C(N)(N)C=C1N. The molecule has 0 heterocycles. The van der Waals surface area contributed by atoms with E-state index in [1.165, 1.54) is 20.3 Å². The summed E-state index contributed by atoms with van der Waals surface area (Å²) >= 11 is 0. The van der Waals surface area contributed by atoms with E-state index in [0.717, 1.165) is 0 Å². The first kappa shape index (κ1) is 10.8. The number of hydrogen-bond donors (Lipinski definition) is 4. The van der Waals surface area contributed by atoms with E-state index in [-0.39, 0.29) is 0 Å². The van der Waals surface area contributed by atoms with Crippen LogP contribution in [0.25, 0.3) is 0 Å². The maximum Gasteiger partial charge on any atom is 0.163 e. The normalized spacial score (nSPS) is 26.0. The lowest BCUT2D eigenvalue weighted by Gasteiger charge is -2.35. The number of rotatable bonds is 2. The van der Waals surface area contributed by atoms with Gasteiger partial charge in [0, 0.05) is 7.11 Å². The van der Waals surface area contributed by atoms with Crippen LogP contribution in [0.5, 0.6) is 0 Å². The summed E-state index contributed by atoms with van der Waals surface area (Å²) in [5, 5.41) is 0. The van der Waals surface area contributed by atoms with Gasteiger partial charge in [-0.05, 0) is 6.08 Å². The van der Waals surface area contributed by atoms with Gasteiger partial charge in [0.15, 0.2) is 5.76 Å². The van der Waals surface area contributed by atoms with Crippen LogP contribution in [-0.2, 0) is 9.47 Å². The highest BCUT2D eigenvalue weighted by atomic mass is 16.5. The van der Waals surface area contributed by atoms with E-state index in [2.05, 4.69) is 0 Å². The molecule has 0 aromatic carbocycles. The molecule has 80 valence electrons. The maximum atomic E-state index is 5.76. The van der Waals surface area contributed by atoms with Crippen LogP contribution in [-0.4, -0.2) is 26.0 Å². The van der Waals surface area contributed by atoms with E-state index in [1.807, 2.05) is 0 Å². The zero-order valence-corrected chi connectivity index (χ0v) is 8.28. The molecule has 0 aromatic heterocycles. The van der Waals surface area contributed by atoms with E-state index in [9.17, 15) is 0 Å². The zero-order valence-electron chi connectivity index (χ0n) is 8.28. The molecular weight excluding hydrogens is 184 g/mol. The molecule has 0 saturated heterocycles. The van der Waals surface area contributed by atoms with Crippen LogP contribution in [0, 0.1) is 0 Å². The third-order valence-electron chi connectivity index (χ3n) is 2.11. The Balaban J connectivity index is 3.17. The third-order valence-corrected chi connectivity index (χ3v) is 2.11. The summed E-state index contributed by atoms with van der Waals surface area (Å²) in [6.45, 7) is 0. The molecule has 0 fully saturated rings. The molecule has 0 radical (unpaired) electrons. The van der Waals surface area contributed by atoms with E-state index < -0.39 is 11.8 Å². The molecule has 14 heavy (non-hydrogen) atoms. The highest BCUT2D eigenvalue weighted by Gasteiger charge is 2.37. The molecule has 0 aliphatic heterocycles. The van der Waals surface area contributed by atoms with E-state index in [1.54, 1.807) is 0 Å². The molecule has 0 spiro atoms. The second-order valence-corrected chi connectivity index (χ2v) is 3.20. The average molecular weight is 200 g/mol. The predicted molar refractivity (Wildman–Crippen MR) is 52.4 cm³/mol. The van der Waals surface area contributed by atoms with Crippen molar-refractivity contribution in [3.63, 3.8) is 0 Å². The van der Waals surface area contributed by atoms with Crippen molar-refractivity contribution >= 4 is 0 Å². The van der Waals surface area contributed by atoms with Crippen molar-refractivity contribution in [2.45, 2.75) is 11.8 Å². The molecule has 1 rings (SSSR count). The van der Waals surface area contributed by atoms with E-state index >= 15 is 0 Å². The topological polar surface area (TPSA) is 123 Å². The Morgan fingerprint density at radius 2 is 1.86 bits per heavy atom. The van der Waals surface area contributed by atoms with Crippen molar-refractivity contribution in [2.24, 2.45) is 22.9 Å². The molecule has 6 heteroatoms. The first-order chi connectivity index (χ1) is 6.44. The number of hydrogen-bond acceptors (Lipinski definition) is 6. The van der Waals surface area contributed by atoms with Crippen LogP contribution < -0.4 is 22.9 Å². The molecule has 1 aliphatic rings. The Labute approximate surface area is 82.5 Å². The van der Waals surface area contributed by atoms with Gasteiger partial charge < -0.3 is 32.4 Å². The van der Waals surface area contributed by atoms with Crippen LogP contribution in [0.3, 0.4) is 0 Å². The van der Waals surface area contributed by atoms with Crippen molar-refractivity contribution in [1.29, 1.82) is 0 Å². The van der Waals surface area contributed by atoms with Crippen LogP contribution >= 0.6 is 0 Å². The van der Waals surface area contributed by atoms with Crippen molar-refractivity contribution in [3.05, 3.63) is 23.2 Å². The molecule has 1 aliphatic carbocycles. The first-order valence-electron chi connectivity index (χ1n) is 4.07. The lowest BCUT2D eigenvalue weighted by molar-refractivity contribution is 0.0741. The quantitative estimate of drug-likeness (QED) is 0.393. The number of ether oxygens (including phenoxy) is 2. The lowest BCUT2D eigenvalue weighted by atomic mass is 9.94. The molecule has 6 nitrogen and oxygen atoms in total. The van der Waals surface area contributed by atoms with E-state index in [4.69, 9.17) is 32.4 Å². The minimum absolute atomic E-state index is 0.306. The Morgan fingerprint density at radius 3 is 2.29 bits per heavy atom. The van der Waals surface area contributed by atoms with Crippen molar-refractivity contribution < 1.29 is 9.47 Å². The van der Waals surface area contributed by atoms with Gasteiger partial charge in [0.2, 0.25) is 0 Å². The van der Waals surface area contributed by atoms with Crippen LogP contribution in [0.4, 0.5) is 0 Å². The van der Waals surface area contributed by atoms with Crippen LogP contribution in [0.1, 0.15) is 0 Å². The summed E-state index contributed by atoms with van der Waals surface area (Å²) in [6.07, 6.45) is 0.834. The fraction of sp³-hybridized carbons (Fsp3) is 0.500. The Hall–Kier alpha value is -1.24. The van der Waals surface area contributed by atoms with Crippen molar-refractivity contribution in [3.8, 4) is 0 Å². The number of methoxy groups -OCH3 is 2. The van der Waals surface area contributed by atoms with Gasteiger partial charge in [-0.3, -0.25) is 0 Å². The zero-order chi connectivity index (χ0) is 10.9. The molecule has 8 N–H and O–H groups in total. The van der Waals surface area contributed by atoms with Gasteiger partial charge in [0.25, 0.3) is 0 Å². The minimum Gasteiger partial charge on any atom is -0.493 e. The largest absolute Gasteiger partial charge is 0.493 e. The Bertz CT molecular complexity index is 296. The second kappa shape index (κ2) is 3.49. The summed E-state index contributed by atoms with van der Waals surface area (Å²) in [5.74, 6) is 0.364. The van der Waals surface area contributed by atoms with Gasteiger partial charge in [0.05, 0.1) is 18.5 Å². The molecule has 0 bridgehead atoms. The maximum absolute atomic E-state index is 5.76. The van der Waals surface area contributed by atoms with Gasteiger partial charge in [-0.2, -0.15) is 0 Å². The summed E-state index contributed by atoms with van der Waals surface area (Å²) in [6, 6.07) is 0. The predicted octanol–water partition coefficient (Wildman–Crippen LogP) is -1.71. The standard InChI is InChI=1S/C8H16N4O2/c1-13-6-4(9)3-8(11,12)7(14-2)5(6)10/h3,7H,9-12H2,1-2H3. The molecular formula is C8H16N4O2. The fourth-order valence-electron chi connectivity index (χ4n) is 1.53. The second-order valence-electron chi connectivity index (χ2n) is 3.20. The lowest BCUT2D eigenvalue weighted by Crippen LogP contribution is -2.61.